The molecule has 0 aliphatic rings. The summed E-state index contributed by atoms with van der Waals surface area (Å²) in [5.74, 6) is 0.992. The third-order valence-electron chi connectivity index (χ3n) is 1.80. The molecule has 1 heterocycles. The number of nitrogens with zero attached hydrogens (tertiary/aromatic N) is 2. The lowest BCUT2D eigenvalue weighted by Crippen LogP contribution is -2.18. The van der Waals surface area contributed by atoms with Crippen molar-refractivity contribution in [3.05, 3.63) is 18.2 Å². The Morgan fingerprint density at radius 2 is 2.45 bits per heavy atom. The summed E-state index contributed by atoms with van der Waals surface area (Å²) < 4.78 is 2.00. The molecule has 0 aliphatic heterocycles. The van der Waals surface area contributed by atoms with E-state index in [1.54, 1.807) is 6.20 Å². The normalized spacial score (nSPS) is 13.4. The summed E-state index contributed by atoms with van der Waals surface area (Å²) in [5.41, 5.74) is 5.87. The Bertz CT molecular complexity index is 217. The Balaban J connectivity index is 2.67. The molecule has 0 radical (unpaired) electrons. The zero-order valence-electron chi connectivity index (χ0n) is 7.12. The third-order valence-corrected chi connectivity index (χ3v) is 1.80. The van der Waals surface area contributed by atoms with E-state index in [2.05, 4.69) is 11.9 Å². The molecule has 1 unspecified atom stereocenters. The first kappa shape index (κ1) is 8.27. The summed E-state index contributed by atoms with van der Waals surface area (Å²) in [6.45, 7) is 4.10. The van der Waals surface area contributed by atoms with Crippen LogP contribution in [0.5, 0.6) is 0 Å². The highest BCUT2D eigenvalue weighted by molar-refractivity contribution is 4.90. The molecular weight excluding hydrogens is 138 g/mol. The van der Waals surface area contributed by atoms with Gasteiger partial charge in [0.05, 0.1) is 6.17 Å². The topological polar surface area (TPSA) is 43.8 Å². The van der Waals surface area contributed by atoms with Crippen molar-refractivity contribution in [1.29, 1.82) is 0 Å². The molecule has 1 atom stereocenters. The maximum atomic E-state index is 5.87. The number of nitrogens with two attached hydrogens (primary N) is 1. The van der Waals surface area contributed by atoms with Crippen LogP contribution < -0.4 is 5.73 Å². The van der Waals surface area contributed by atoms with Crippen LogP contribution in [0.25, 0.3) is 0 Å². The molecule has 1 rings (SSSR count). The minimum absolute atomic E-state index is 0.0995. The van der Waals surface area contributed by atoms with Crippen LogP contribution >= 0.6 is 0 Å². The molecule has 0 saturated heterocycles. The van der Waals surface area contributed by atoms with Gasteiger partial charge in [-0.05, 0) is 13.3 Å². The number of hydrogen-bond acceptors (Lipinski definition) is 2. The van der Waals surface area contributed by atoms with Gasteiger partial charge in [-0.25, -0.2) is 4.98 Å². The molecule has 0 spiro atoms. The zero-order valence-corrected chi connectivity index (χ0v) is 7.12. The fourth-order valence-electron chi connectivity index (χ4n) is 1.17. The lowest BCUT2D eigenvalue weighted by molar-refractivity contribution is 0.468. The molecule has 2 N–H and O–H groups in total. The van der Waals surface area contributed by atoms with Gasteiger partial charge in [0.15, 0.2) is 0 Å². The number of aryl methyl sites for hydroxylation is 1. The van der Waals surface area contributed by atoms with Crippen LogP contribution in [0.1, 0.15) is 31.8 Å². The quantitative estimate of drug-likeness (QED) is 0.714. The van der Waals surface area contributed by atoms with Crippen LogP contribution in [-0.4, -0.2) is 9.55 Å². The minimum Gasteiger partial charge on any atom is -0.319 e. The van der Waals surface area contributed by atoms with Gasteiger partial charge in [-0.15, -0.1) is 0 Å². The highest BCUT2D eigenvalue weighted by Crippen LogP contribution is 2.08. The molecule has 62 valence electrons. The molecule has 11 heavy (non-hydrogen) atoms. The van der Waals surface area contributed by atoms with Crippen LogP contribution in [0.4, 0.5) is 0 Å². The maximum Gasteiger partial charge on any atom is 0.106 e. The summed E-state index contributed by atoms with van der Waals surface area (Å²) in [4.78, 5) is 4.10. The van der Waals surface area contributed by atoms with Crippen molar-refractivity contribution in [3.8, 4) is 0 Å². The first-order valence-electron chi connectivity index (χ1n) is 4.00. The van der Waals surface area contributed by atoms with Crippen molar-refractivity contribution < 1.29 is 0 Å². The standard InChI is InChI=1S/C8H15N3/c1-3-4-8(9)11-6-5-10-7(11)2/h5-6,8H,3-4,9H2,1-2H3. The van der Waals surface area contributed by atoms with Crippen molar-refractivity contribution >= 4 is 0 Å². The Morgan fingerprint density at radius 3 is 2.91 bits per heavy atom. The molecule has 1 aromatic heterocycles. The second kappa shape index (κ2) is 3.53. The first-order chi connectivity index (χ1) is 5.25. The van der Waals surface area contributed by atoms with E-state index in [0.717, 1.165) is 18.7 Å². The number of rotatable bonds is 3. The SMILES string of the molecule is CCCC(N)n1ccnc1C. The molecule has 0 fully saturated rings. The Kier molecular flexibility index (Phi) is 2.65. The van der Waals surface area contributed by atoms with Gasteiger partial charge < -0.3 is 10.3 Å². The van der Waals surface area contributed by atoms with E-state index in [9.17, 15) is 0 Å². The van der Waals surface area contributed by atoms with Gasteiger partial charge >= 0.3 is 0 Å². The summed E-state index contributed by atoms with van der Waals surface area (Å²) in [6.07, 6.45) is 5.93. The van der Waals surface area contributed by atoms with Gasteiger partial charge in [0, 0.05) is 12.4 Å². The molecule has 1 aromatic rings. The second-order valence-electron chi connectivity index (χ2n) is 2.74. The first-order valence-corrected chi connectivity index (χ1v) is 4.00. The summed E-state index contributed by atoms with van der Waals surface area (Å²) in [6, 6.07) is 0. The van der Waals surface area contributed by atoms with E-state index in [0.29, 0.717) is 0 Å². The largest absolute Gasteiger partial charge is 0.319 e. The van der Waals surface area contributed by atoms with Crippen LogP contribution in [0.15, 0.2) is 12.4 Å². The van der Waals surface area contributed by atoms with E-state index >= 15 is 0 Å². The highest BCUT2D eigenvalue weighted by Gasteiger charge is 2.04. The third kappa shape index (κ3) is 1.80. The summed E-state index contributed by atoms with van der Waals surface area (Å²) in [7, 11) is 0. The van der Waals surface area contributed by atoms with Gasteiger partial charge in [-0.2, -0.15) is 0 Å². The smallest absolute Gasteiger partial charge is 0.106 e. The van der Waals surface area contributed by atoms with Crippen LogP contribution in [0.2, 0.25) is 0 Å². The lowest BCUT2D eigenvalue weighted by Gasteiger charge is -2.13. The lowest BCUT2D eigenvalue weighted by atomic mass is 10.3. The molecule has 0 amide bonds. The molecule has 0 saturated carbocycles. The average molecular weight is 153 g/mol. The molecule has 0 bridgehead atoms. The van der Waals surface area contributed by atoms with Crippen molar-refractivity contribution in [2.24, 2.45) is 5.73 Å². The van der Waals surface area contributed by atoms with E-state index in [1.165, 1.54) is 0 Å². The summed E-state index contributed by atoms with van der Waals surface area (Å²) in [5, 5.41) is 0. The van der Waals surface area contributed by atoms with Gasteiger partial charge in [-0.3, -0.25) is 0 Å². The Labute approximate surface area is 67.2 Å². The molecular formula is C8H15N3. The Hall–Kier alpha value is -0.830. The predicted molar refractivity (Wildman–Crippen MR) is 45.1 cm³/mol. The molecule has 3 heteroatoms. The zero-order chi connectivity index (χ0) is 8.27. The number of aromatic nitrogens is 2. The van der Waals surface area contributed by atoms with Crippen molar-refractivity contribution in [2.75, 3.05) is 0 Å². The van der Waals surface area contributed by atoms with E-state index in [1.807, 2.05) is 17.7 Å². The van der Waals surface area contributed by atoms with Gasteiger partial charge in [0.25, 0.3) is 0 Å². The summed E-state index contributed by atoms with van der Waals surface area (Å²) >= 11 is 0. The molecule has 0 aliphatic carbocycles. The van der Waals surface area contributed by atoms with Crippen LogP contribution in [-0.2, 0) is 0 Å². The van der Waals surface area contributed by atoms with Crippen molar-refractivity contribution in [3.63, 3.8) is 0 Å². The number of hydrogen-bond donors (Lipinski definition) is 1. The van der Waals surface area contributed by atoms with Gasteiger partial charge in [0.2, 0.25) is 0 Å². The predicted octanol–water partition coefficient (Wildman–Crippen LogP) is 1.45. The fourth-order valence-corrected chi connectivity index (χ4v) is 1.17. The van der Waals surface area contributed by atoms with Crippen molar-refractivity contribution in [1.82, 2.24) is 9.55 Å². The minimum atomic E-state index is 0.0995. The van der Waals surface area contributed by atoms with E-state index in [4.69, 9.17) is 5.73 Å². The van der Waals surface area contributed by atoms with Gasteiger partial charge in [0.1, 0.15) is 5.82 Å². The van der Waals surface area contributed by atoms with Crippen LogP contribution in [0, 0.1) is 6.92 Å². The van der Waals surface area contributed by atoms with E-state index < -0.39 is 0 Å². The molecule has 3 nitrogen and oxygen atoms in total. The monoisotopic (exact) mass is 153 g/mol. The molecule has 0 aromatic carbocycles. The van der Waals surface area contributed by atoms with E-state index in [-0.39, 0.29) is 6.17 Å². The maximum absolute atomic E-state index is 5.87. The van der Waals surface area contributed by atoms with Crippen LogP contribution in [0.3, 0.4) is 0 Å². The number of imidazole rings is 1. The second-order valence-corrected chi connectivity index (χ2v) is 2.74. The fraction of sp³-hybridized carbons (Fsp3) is 0.625. The Morgan fingerprint density at radius 1 is 1.73 bits per heavy atom. The van der Waals surface area contributed by atoms with Crippen molar-refractivity contribution in [2.45, 2.75) is 32.9 Å². The average Bonchev–Trinajstić information content (AvgIpc) is 2.36. The highest BCUT2D eigenvalue weighted by atomic mass is 15.1. The van der Waals surface area contributed by atoms with Gasteiger partial charge in [-0.1, -0.05) is 13.3 Å².